The average Bonchev–Trinajstić information content (AvgIpc) is 2.72. The second kappa shape index (κ2) is 11.3. The van der Waals surface area contributed by atoms with Gasteiger partial charge in [0.2, 0.25) is 0 Å². The summed E-state index contributed by atoms with van der Waals surface area (Å²) in [6.45, 7) is 0.498. The lowest BCUT2D eigenvalue weighted by Gasteiger charge is -2.22. The highest BCUT2D eigenvalue weighted by molar-refractivity contribution is 5.85. The number of nitrogens with zero attached hydrogens (tertiary/aromatic N) is 1. The van der Waals surface area contributed by atoms with E-state index in [4.69, 9.17) is 9.84 Å². The number of halogens is 2. The molecule has 0 aliphatic rings. The third-order valence-corrected chi connectivity index (χ3v) is 4.66. The van der Waals surface area contributed by atoms with Gasteiger partial charge in [-0.25, -0.2) is 4.39 Å². The molecule has 1 N–H and O–H groups in total. The first-order valence-corrected chi connectivity index (χ1v) is 9.49. The van der Waals surface area contributed by atoms with Gasteiger partial charge in [0.05, 0.1) is 6.54 Å². The number of aliphatic carboxylic acids is 1. The largest absolute Gasteiger partial charge is 0.486 e. The van der Waals surface area contributed by atoms with Crippen LogP contribution in [0.3, 0.4) is 0 Å². The van der Waals surface area contributed by atoms with Crippen molar-refractivity contribution in [3.8, 4) is 16.9 Å². The lowest BCUT2D eigenvalue weighted by Crippen LogP contribution is -2.28. The zero-order valence-electron chi connectivity index (χ0n) is 16.7. The van der Waals surface area contributed by atoms with Gasteiger partial charge in [-0.15, -0.1) is 12.4 Å². The molecule has 6 heteroatoms. The molecule has 0 aromatic heterocycles. The van der Waals surface area contributed by atoms with Crippen LogP contribution in [-0.2, 0) is 4.79 Å². The number of hydrogen-bond acceptors (Lipinski definition) is 3. The first-order chi connectivity index (χ1) is 14.0. The zero-order valence-corrected chi connectivity index (χ0v) is 17.5. The highest BCUT2D eigenvalue weighted by atomic mass is 35.5. The molecule has 3 aromatic carbocycles. The van der Waals surface area contributed by atoms with Gasteiger partial charge in [-0.2, -0.15) is 0 Å². The molecule has 158 valence electrons. The summed E-state index contributed by atoms with van der Waals surface area (Å²) in [7, 11) is 1.75. The molecule has 0 saturated heterocycles. The maximum absolute atomic E-state index is 13.3. The summed E-state index contributed by atoms with van der Waals surface area (Å²) in [5, 5.41) is 8.94. The van der Waals surface area contributed by atoms with Crippen LogP contribution in [0.25, 0.3) is 11.1 Å². The quantitative estimate of drug-likeness (QED) is 0.492. The molecule has 4 nitrogen and oxygen atoms in total. The van der Waals surface area contributed by atoms with E-state index >= 15 is 0 Å². The number of rotatable bonds is 9. The Balaban J connectivity index is 0.00000320. The van der Waals surface area contributed by atoms with Crippen molar-refractivity contribution in [3.05, 3.63) is 90.2 Å². The average molecular weight is 430 g/mol. The summed E-state index contributed by atoms with van der Waals surface area (Å²) < 4.78 is 19.5. The molecule has 0 aliphatic carbocycles. The summed E-state index contributed by atoms with van der Waals surface area (Å²) in [5.41, 5.74) is 3.07. The van der Waals surface area contributed by atoms with Crippen LogP contribution in [0.2, 0.25) is 0 Å². The van der Waals surface area contributed by atoms with Crippen LogP contribution in [0.4, 0.5) is 4.39 Å². The van der Waals surface area contributed by atoms with Gasteiger partial charge in [-0.1, -0.05) is 54.6 Å². The van der Waals surface area contributed by atoms with Crippen molar-refractivity contribution in [3.63, 3.8) is 0 Å². The molecule has 0 amide bonds. The minimum Gasteiger partial charge on any atom is -0.486 e. The van der Waals surface area contributed by atoms with E-state index in [2.05, 4.69) is 12.1 Å². The fourth-order valence-corrected chi connectivity index (χ4v) is 3.14. The highest BCUT2D eigenvalue weighted by Gasteiger charge is 2.16. The molecule has 0 aliphatic heterocycles. The Hall–Kier alpha value is -2.89. The van der Waals surface area contributed by atoms with Gasteiger partial charge in [0.15, 0.2) is 0 Å². The molecule has 30 heavy (non-hydrogen) atoms. The SMILES string of the molecule is CN(CC[C@H](Oc1ccc(-c2ccccc2)cc1)c1ccc(F)cc1)CC(=O)O.Cl. The van der Waals surface area contributed by atoms with Gasteiger partial charge in [-0.3, -0.25) is 9.69 Å². The molecule has 0 fully saturated rings. The summed E-state index contributed by atoms with van der Waals surface area (Å²) in [6, 6.07) is 24.1. The van der Waals surface area contributed by atoms with E-state index in [0.29, 0.717) is 18.7 Å². The zero-order chi connectivity index (χ0) is 20.6. The number of benzene rings is 3. The third-order valence-electron chi connectivity index (χ3n) is 4.66. The van der Waals surface area contributed by atoms with E-state index in [1.807, 2.05) is 42.5 Å². The van der Waals surface area contributed by atoms with Gasteiger partial charge in [0.25, 0.3) is 0 Å². The molecule has 3 aromatic rings. The fourth-order valence-electron chi connectivity index (χ4n) is 3.14. The summed E-state index contributed by atoms with van der Waals surface area (Å²) in [4.78, 5) is 12.6. The van der Waals surface area contributed by atoms with Crippen molar-refractivity contribution in [2.45, 2.75) is 12.5 Å². The number of carboxylic acids is 1. The molecular weight excluding hydrogens is 405 g/mol. The number of carboxylic acid groups (broad SMARTS) is 1. The second-order valence-corrected chi connectivity index (χ2v) is 6.97. The summed E-state index contributed by atoms with van der Waals surface area (Å²) in [5.74, 6) is -0.467. The van der Waals surface area contributed by atoms with Crippen molar-refractivity contribution in [1.29, 1.82) is 0 Å². The van der Waals surface area contributed by atoms with Crippen molar-refractivity contribution in [2.75, 3.05) is 20.1 Å². The van der Waals surface area contributed by atoms with Crippen LogP contribution in [0.1, 0.15) is 18.1 Å². The first-order valence-electron chi connectivity index (χ1n) is 9.49. The van der Waals surface area contributed by atoms with Crippen LogP contribution < -0.4 is 4.74 Å². The first kappa shape index (κ1) is 23.4. The van der Waals surface area contributed by atoms with Crippen LogP contribution in [-0.4, -0.2) is 36.1 Å². The molecule has 0 radical (unpaired) electrons. The van der Waals surface area contributed by atoms with Gasteiger partial charge in [-0.05, 0) is 48.0 Å². The Morgan fingerprint density at radius 3 is 2.17 bits per heavy atom. The monoisotopic (exact) mass is 429 g/mol. The molecule has 1 atom stereocenters. The topological polar surface area (TPSA) is 49.8 Å². The van der Waals surface area contributed by atoms with Gasteiger partial charge >= 0.3 is 5.97 Å². The Morgan fingerprint density at radius 1 is 0.967 bits per heavy atom. The van der Waals surface area contributed by atoms with E-state index in [9.17, 15) is 9.18 Å². The van der Waals surface area contributed by atoms with Crippen LogP contribution >= 0.6 is 12.4 Å². The molecule has 0 spiro atoms. The Kier molecular flexibility index (Phi) is 8.84. The van der Waals surface area contributed by atoms with Crippen LogP contribution in [0.5, 0.6) is 5.75 Å². The number of likely N-dealkylation sites (N-methyl/N-ethyl adjacent to an activating group) is 1. The summed E-state index contributed by atoms with van der Waals surface area (Å²) >= 11 is 0. The van der Waals surface area contributed by atoms with Gasteiger partial charge in [0, 0.05) is 13.0 Å². The maximum Gasteiger partial charge on any atom is 0.317 e. The van der Waals surface area contributed by atoms with E-state index < -0.39 is 5.97 Å². The minimum atomic E-state index is -0.872. The molecule has 0 heterocycles. The lowest BCUT2D eigenvalue weighted by molar-refractivity contribution is -0.138. The molecular formula is C24H25ClFNO3. The van der Waals surface area contributed by atoms with E-state index in [1.165, 1.54) is 12.1 Å². The predicted molar refractivity (Wildman–Crippen MR) is 119 cm³/mol. The fraction of sp³-hybridized carbons (Fsp3) is 0.208. The normalized spacial score (nSPS) is 11.6. The molecule has 0 unspecified atom stereocenters. The van der Waals surface area contributed by atoms with E-state index in [0.717, 1.165) is 16.7 Å². The maximum atomic E-state index is 13.3. The van der Waals surface area contributed by atoms with Crippen molar-refractivity contribution in [2.24, 2.45) is 0 Å². The number of ether oxygens (including phenoxy) is 1. The number of carbonyl (C=O) groups is 1. The summed E-state index contributed by atoms with van der Waals surface area (Å²) in [6.07, 6.45) is 0.268. The smallest absolute Gasteiger partial charge is 0.317 e. The molecule has 3 rings (SSSR count). The van der Waals surface area contributed by atoms with E-state index in [1.54, 1.807) is 24.1 Å². The lowest BCUT2D eigenvalue weighted by atomic mass is 10.0. The van der Waals surface area contributed by atoms with Crippen molar-refractivity contribution in [1.82, 2.24) is 4.90 Å². The third kappa shape index (κ3) is 6.87. The Labute approximate surface area is 182 Å². The minimum absolute atomic E-state index is 0. The highest BCUT2D eigenvalue weighted by Crippen LogP contribution is 2.28. The standard InChI is InChI=1S/C24H24FNO3.ClH/c1-26(17-24(27)28)16-15-23(20-7-11-21(25)12-8-20)29-22-13-9-19(10-14-22)18-5-3-2-4-6-18;/h2-14,23H,15-17H2,1H3,(H,27,28);1H/t23-;/m0./s1. The van der Waals surface area contributed by atoms with Gasteiger partial charge in [0.1, 0.15) is 17.7 Å². The van der Waals surface area contributed by atoms with Crippen LogP contribution in [0, 0.1) is 5.82 Å². The predicted octanol–water partition coefficient (Wildman–Crippen LogP) is 5.44. The Bertz CT molecular complexity index is 917. The van der Waals surface area contributed by atoms with E-state index in [-0.39, 0.29) is 30.9 Å². The second-order valence-electron chi connectivity index (χ2n) is 6.97. The Morgan fingerprint density at radius 2 is 1.57 bits per heavy atom. The molecule has 0 bridgehead atoms. The van der Waals surface area contributed by atoms with Gasteiger partial charge < -0.3 is 9.84 Å². The van der Waals surface area contributed by atoms with Crippen LogP contribution in [0.15, 0.2) is 78.9 Å². The molecule has 0 saturated carbocycles. The van der Waals surface area contributed by atoms with Crippen molar-refractivity contribution >= 4 is 18.4 Å². The number of hydrogen-bond donors (Lipinski definition) is 1. The van der Waals surface area contributed by atoms with Crippen molar-refractivity contribution < 1.29 is 19.0 Å².